The Kier molecular flexibility index (Phi) is 9.21. The molecule has 0 radical (unpaired) electrons. The van der Waals surface area contributed by atoms with Gasteiger partial charge in [-0.2, -0.15) is 5.10 Å². The van der Waals surface area contributed by atoms with Gasteiger partial charge in [0.05, 0.1) is 29.1 Å². The lowest BCUT2D eigenvalue weighted by atomic mass is 10.1. The second kappa shape index (κ2) is 12.3. The maximum Gasteiger partial charge on any atom is 0.338 e. The fourth-order valence-corrected chi connectivity index (χ4v) is 3.88. The fourth-order valence-electron chi connectivity index (χ4n) is 3.88. The van der Waals surface area contributed by atoms with Gasteiger partial charge >= 0.3 is 5.97 Å². The van der Waals surface area contributed by atoms with Crippen LogP contribution in [0.2, 0.25) is 0 Å². The van der Waals surface area contributed by atoms with Crippen LogP contribution in [-0.2, 0) is 28.9 Å². The number of hydrogen-bond donors (Lipinski definition) is 1. The average molecular weight is 471 g/mol. The number of nitrogens with one attached hydrogen (secondary N) is 1. The number of fused-ring (bicyclic) bond motifs is 1. The van der Waals surface area contributed by atoms with Crippen LogP contribution in [0.4, 0.5) is 0 Å². The molecule has 184 valence electrons. The lowest BCUT2D eigenvalue weighted by Crippen LogP contribution is -2.26. The first-order valence-electron chi connectivity index (χ1n) is 11.9. The summed E-state index contributed by atoms with van der Waals surface area (Å²) in [4.78, 5) is 38.6. The Morgan fingerprint density at radius 3 is 2.56 bits per heavy atom. The van der Waals surface area contributed by atoms with E-state index in [9.17, 15) is 14.4 Å². The summed E-state index contributed by atoms with van der Waals surface area (Å²) in [7, 11) is 3.36. The quantitative estimate of drug-likeness (QED) is 0.493. The molecule has 0 atom stereocenters. The van der Waals surface area contributed by atoms with Crippen LogP contribution in [0, 0.1) is 0 Å². The van der Waals surface area contributed by atoms with E-state index in [0.717, 1.165) is 24.2 Å². The van der Waals surface area contributed by atoms with Gasteiger partial charge in [-0.3, -0.25) is 14.3 Å². The molecular formula is C25H34N4O5. The molecule has 0 spiro atoms. The number of carbonyl (C=O) groups is 3. The highest BCUT2D eigenvalue weighted by molar-refractivity contribution is 5.97. The van der Waals surface area contributed by atoms with Gasteiger partial charge in [0.15, 0.2) is 0 Å². The Morgan fingerprint density at radius 1 is 1.15 bits per heavy atom. The van der Waals surface area contributed by atoms with Crippen molar-refractivity contribution in [2.45, 2.75) is 45.6 Å². The van der Waals surface area contributed by atoms with Gasteiger partial charge in [0.2, 0.25) is 0 Å². The number of aryl methyl sites for hydroxylation is 2. The molecule has 1 aromatic heterocycles. The van der Waals surface area contributed by atoms with E-state index in [1.807, 2.05) is 11.6 Å². The molecule has 0 bridgehead atoms. The van der Waals surface area contributed by atoms with Gasteiger partial charge in [-0.1, -0.05) is 6.92 Å². The standard InChI is InChI=1S/C25H34N4O5/c1-4-20-22-21(8-5-15-33-16-6-13-26-23(22)30)29(27-20)14-7-17-34-25(32)19-11-9-18(10-12-19)24(31)28(2)3/h9-12H,4-8,13-17H2,1-3H3,(H,26,30). The number of amides is 2. The maximum atomic E-state index is 12.8. The first kappa shape index (κ1) is 25.4. The van der Waals surface area contributed by atoms with Crippen molar-refractivity contribution in [3.63, 3.8) is 0 Å². The Morgan fingerprint density at radius 2 is 1.85 bits per heavy atom. The molecule has 3 rings (SSSR count). The number of ether oxygens (including phenoxy) is 2. The van der Waals surface area contributed by atoms with E-state index in [4.69, 9.17) is 9.47 Å². The van der Waals surface area contributed by atoms with Crippen molar-refractivity contribution in [3.8, 4) is 0 Å². The van der Waals surface area contributed by atoms with Crippen molar-refractivity contribution in [1.29, 1.82) is 0 Å². The Hall–Kier alpha value is -3.20. The van der Waals surface area contributed by atoms with Crippen molar-refractivity contribution >= 4 is 17.8 Å². The van der Waals surface area contributed by atoms with Crippen LogP contribution in [0.25, 0.3) is 0 Å². The van der Waals surface area contributed by atoms with Gasteiger partial charge in [0.1, 0.15) is 0 Å². The molecule has 34 heavy (non-hydrogen) atoms. The number of rotatable bonds is 7. The lowest BCUT2D eigenvalue weighted by Gasteiger charge is -2.11. The number of hydrogen-bond acceptors (Lipinski definition) is 6. The van der Waals surface area contributed by atoms with Crippen molar-refractivity contribution < 1.29 is 23.9 Å². The Bertz CT molecular complexity index is 997. The smallest absolute Gasteiger partial charge is 0.338 e. The van der Waals surface area contributed by atoms with Crippen LogP contribution in [-0.4, -0.2) is 72.9 Å². The van der Waals surface area contributed by atoms with Crippen molar-refractivity contribution in [2.75, 3.05) is 40.5 Å². The minimum Gasteiger partial charge on any atom is -0.462 e. The largest absolute Gasteiger partial charge is 0.462 e. The summed E-state index contributed by atoms with van der Waals surface area (Å²) in [5, 5.41) is 7.66. The molecule has 2 amide bonds. The van der Waals surface area contributed by atoms with E-state index >= 15 is 0 Å². The number of aromatic nitrogens is 2. The second-order valence-electron chi connectivity index (χ2n) is 8.44. The molecule has 1 aliphatic rings. The molecule has 9 nitrogen and oxygen atoms in total. The number of benzene rings is 1. The summed E-state index contributed by atoms with van der Waals surface area (Å²) in [5.74, 6) is -0.639. The molecule has 1 aromatic carbocycles. The molecule has 9 heteroatoms. The Labute approximate surface area is 200 Å². The first-order valence-corrected chi connectivity index (χ1v) is 11.9. The first-order chi connectivity index (χ1) is 16.4. The molecule has 1 N–H and O–H groups in total. The van der Waals surface area contributed by atoms with Crippen LogP contribution in [0.15, 0.2) is 24.3 Å². The van der Waals surface area contributed by atoms with Crippen LogP contribution in [0.1, 0.15) is 68.6 Å². The molecule has 0 saturated heterocycles. The third kappa shape index (κ3) is 6.44. The fraction of sp³-hybridized carbons (Fsp3) is 0.520. The Balaban J connectivity index is 1.60. The number of esters is 1. The number of carbonyl (C=O) groups excluding carboxylic acids is 3. The molecule has 0 fully saturated rings. The highest BCUT2D eigenvalue weighted by atomic mass is 16.5. The predicted molar refractivity (Wildman–Crippen MR) is 127 cm³/mol. The summed E-state index contributed by atoms with van der Waals surface area (Å²) in [6.07, 6.45) is 3.54. The molecule has 0 aliphatic carbocycles. The third-order valence-corrected chi connectivity index (χ3v) is 5.67. The molecule has 2 aromatic rings. The summed E-state index contributed by atoms with van der Waals surface area (Å²) in [6.45, 7) is 4.63. The minimum atomic E-state index is -0.436. The highest BCUT2D eigenvalue weighted by Gasteiger charge is 2.23. The highest BCUT2D eigenvalue weighted by Crippen LogP contribution is 2.19. The summed E-state index contributed by atoms with van der Waals surface area (Å²) in [6, 6.07) is 6.43. The van der Waals surface area contributed by atoms with E-state index in [1.165, 1.54) is 4.90 Å². The predicted octanol–water partition coefficient (Wildman–Crippen LogP) is 2.48. The zero-order valence-electron chi connectivity index (χ0n) is 20.3. The average Bonchev–Trinajstić information content (AvgIpc) is 3.18. The molecular weight excluding hydrogens is 436 g/mol. The topological polar surface area (TPSA) is 103 Å². The maximum absolute atomic E-state index is 12.8. The zero-order valence-corrected chi connectivity index (χ0v) is 20.3. The lowest BCUT2D eigenvalue weighted by molar-refractivity contribution is 0.0494. The summed E-state index contributed by atoms with van der Waals surface area (Å²) >= 11 is 0. The van der Waals surface area contributed by atoms with E-state index < -0.39 is 5.97 Å². The van der Waals surface area contributed by atoms with Crippen LogP contribution >= 0.6 is 0 Å². The molecule has 2 heterocycles. The molecule has 0 saturated carbocycles. The number of nitrogens with zero attached hydrogens (tertiary/aromatic N) is 3. The van der Waals surface area contributed by atoms with E-state index in [1.54, 1.807) is 38.4 Å². The van der Waals surface area contributed by atoms with Gasteiger partial charge in [-0.15, -0.1) is 0 Å². The molecule has 1 aliphatic heterocycles. The van der Waals surface area contributed by atoms with E-state index in [-0.39, 0.29) is 18.4 Å². The van der Waals surface area contributed by atoms with Gasteiger partial charge < -0.3 is 19.7 Å². The van der Waals surface area contributed by atoms with Crippen molar-refractivity contribution in [2.24, 2.45) is 0 Å². The van der Waals surface area contributed by atoms with Gasteiger partial charge in [-0.05, 0) is 49.9 Å². The van der Waals surface area contributed by atoms with Crippen molar-refractivity contribution in [3.05, 3.63) is 52.3 Å². The normalized spacial score (nSPS) is 14.5. The van der Waals surface area contributed by atoms with Crippen LogP contribution in [0.5, 0.6) is 0 Å². The van der Waals surface area contributed by atoms with Crippen LogP contribution < -0.4 is 5.32 Å². The SMILES string of the molecule is CCc1nn(CCCOC(=O)c2ccc(C(=O)N(C)C)cc2)c2c1C(=O)NCCCOCCC2. The van der Waals surface area contributed by atoms with Crippen molar-refractivity contribution in [1.82, 2.24) is 20.0 Å². The third-order valence-electron chi connectivity index (χ3n) is 5.67. The second-order valence-corrected chi connectivity index (χ2v) is 8.44. The summed E-state index contributed by atoms with van der Waals surface area (Å²) in [5.41, 5.74) is 3.28. The molecule has 0 unspecified atom stereocenters. The monoisotopic (exact) mass is 470 g/mol. The van der Waals surface area contributed by atoms with Crippen LogP contribution in [0.3, 0.4) is 0 Å². The van der Waals surface area contributed by atoms with Gasteiger partial charge in [-0.25, -0.2) is 4.79 Å². The minimum absolute atomic E-state index is 0.0809. The summed E-state index contributed by atoms with van der Waals surface area (Å²) < 4.78 is 12.9. The van der Waals surface area contributed by atoms with Gasteiger partial charge in [0.25, 0.3) is 11.8 Å². The van der Waals surface area contributed by atoms with Gasteiger partial charge in [0, 0.05) is 52.4 Å². The zero-order chi connectivity index (χ0) is 24.5. The van der Waals surface area contributed by atoms with E-state index in [0.29, 0.717) is 62.3 Å². The van der Waals surface area contributed by atoms with E-state index in [2.05, 4.69) is 10.4 Å².